The normalized spacial score (nSPS) is 21.4. The van der Waals surface area contributed by atoms with Crippen molar-refractivity contribution in [1.29, 1.82) is 5.26 Å². The van der Waals surface area contributed by atoms with Crippen molar-refractivity contribution < 1.29 is 9.47 Å². The summed E-state index contributed by atoms with van der Waals surface area (Å²) in [5.74, 6) is 1.93. The monoisotopic (exact) mass is 282 g/mol. The maximum absolute atomic E-state index is 9.47. The van der Waals surface area contributed by atoms with Crippen LogP contribution >= 0.6 is 0 Å². The highest BCUT2D eigenvalue weighted by atomic mass is 16.5. The molecule has 1 aromatic carbocycles. The third kappa shape index (κ3) is 2.36. The third-order valence-corrected chi connectivity index (χ3v) is 4.16. The van der Waals surface area contributed by atoms with Gasteiger partial charge in [-0.1, -0.05) is 12.1 Å². The van der Waals surface area contributed by atoms with Gasteiger partial charge in [-0.25, -0.2) is 0 Å². The number of methoxy groups -OCH3 is 1. The molecular formula is C17H18N2O2. The Morgan fingerprint density at radius 2 is 1.95 bits per heavy atom. The Morgan fingerprint density at radius 3 is 2.62 bits per heavy atom. The molecule has 0 saturated carbocycles. The number of allylic oxidation sites excluding steroid dienone is 3. The van der Waals surface area contributed by atoms with Gasteiger partial charge >= 0.3 is 0 Å². The van der Waals surface area contributed by atoms with Gasteiger partial charge in [0.15, 0.2) is 0 Å². The number of nitrogens with zero attached hydrogens (tertiary/aromatic N) is 1. The number of benzene rings is 1. The Kier molecular flexibility index (Phi) is 3.57. The summed E-state index contributed by atoms with van der Waals surface area (Å²) in [6.45, 7) is 0. The molecule has 1 aliphatic carbocycles. The van der Waals surface area contributed by atoms with E-state index in [1.54, 1.807) is 7.11 Å². The van der Waals surface area contributed by atoms with Gasteiger partial charge in [0.2, 0.25) is 5.88 Å². The maximum Gasteiger partial charge on any atom is 0.205 e. The minimum absolute atomic E-state index is 0.0787. The van der Waals surface area contributed by atoms with Gasteiger partial charge in [0, 0.05) is 12.3 Å². The van der Waals surface area contributed by atoms with Crippen molar-refractivity contribution in [2.75, 3.05) is 7.11 Å². The van der Waals surface area contributed by atoms with Crippen LogP contribution in [0.2, 0.25) is 0 Å². The van der Waals surface area contributed by atoms with Crippen molar-refractivity contribution in [3.05, 3.63) is 52.6 Å². The van der Waals surface area contributed by atoms with Crippen LogP contribution in [0.5, 0.6) is 5.75 Å². The molecule has 0 amide bonds. The molecule has 1 atom stereocenters. The number of hydrogen-bond acceptors (Lipinski definition) is 4. The molecule has 2 aliphatic rings. The van der Waals surface area contributed by atoms with Crippen LogP contribution < -0.4 is 10.5 Å². The molecule has 0 radical (unpaired) electrons. The average molecular weight is 282 g/mol. The number of ether oxygens (including phenoxy) is 2. The number of nitriles is 1. The van der Waals surface area contributed by atoms with E-state index in [9.17, 15) is 5.26 Å². The van der Waals surface area contributed by atoms with Gasteiger partial charge in [-0.05, 0) is 42.5 Å². The first-order valence-corrected chi connectivity index (χ1v) is 7.18. The highest BCUT2D eigenvalue weighted by Crippen LogP contribution is 2.44. The Morgan fingerprint density at radius 1 is 1.24 bits per heavy atom. The van der Waals surface area contributed by atoms with Crippen LogP contribution in [-0.4, -0.2) is 7.11 Å². The molecule has 3 rings (SSSR count). The molecule has 0 saturated heterocycles. The van der Waals surface area contributed by atoms with Gasteiger partial charge < -0.3 is 15.2 Å². The number of hydrogen-bond donors (Lipinski definition) is 1. The lowest BCUT2D eigenvalue weighted by molar-refractivity contribution is 0.251. The van der Waals surface area contributed by atoms with E-state index >= 15 is 0 Å². The Labute approximate surface area is 124 Å². The van der Waals surface area contributed by atoms with Crippen molar-refractivity contribution in [1.82, 2.24) is 0 Å². The summed E-state index contributed by atoms with van der Waals surface area (Å²) < 4.78 is 10.9. The molecule has 21 heavy (non-hydrogen) atoms. The van der Waals surface area contributed by atoms with Gasteiger partial charge in [0.05, 0.1) is 7.11 Å². The van der Waals surface area contributed by atoms with E-state index in [0.717, 1.165) is 42.8 Å². The van der Waals surface area contributed by atoms with Crippen molar-refractivity contribution in [2.45, 2.75) is 31.6 Å². The third-order valence-electron chi connectivity index (χ3n) is 4.16. The summed E-state index contributed by atoms with van der Waals surface area (Å²) in [5, 5.41) is 9.47. The highest BCUT2D eigenvalue weighted by molar-refractivity contribution is 5.50. The largest absolute Gasteiger partial charge is 0.497 e. The lowest BCUT2D eigenvalue weighted by atomic mass is 9.78. The Bertz CT molecular complexity index is 650. The molecule has 0 fully saturated rings. The zero-order valence-electron chi connectivity index (χ0n) is 12.1. The lowest BCUT2D eigenvalue weighted by Crippen LogP contribution is -2.22. The lowest BCUT2D eigenvalue weighted by Gasteiger charge is -2.32. The standard InChI is InChI=1S/C17H18N2O2/c1-20-12-8-6-11(7-9-12)16-13-4-2-3-5-15(13)21-17(19)14(16)10-18/h6-9,16H,2-5,19H2,1H3/t16-/m1/s1. The average Bonchev–Trinajstić information content (AvgIpc) is 2.53. The van der Waals surface area contributed by atoms with E-state index in [1.165, 1.54) is 5.57 Å². The van der Waals surface area contributed by atoms with Crippen LogP contribution in [0.4, 0.5) is 0 Å². The number of rotatable bonds is 2. The molecule has 108 valence electrons. The van der Waals surface area contributed by atoms with Crippen LogP contribution in [0.1, 0.15) is 37.2 Å². The van der Waals surface area contributed by atoms with Gasteiger partial charge in [-0.3, -0.25) is 0 Å². The van der Waals surface area contributed by atoms with Crippen LogP contribution in [0.3, 0.4) is 0 Å². The number of nitrogens with two attached hydrogens (primary N) is 1. The molecule has 1 aromatic rings. The summed E-state index contributed by atoms with van der Waals surface area (Å²) in [6.07, 6.45) is 4.11. The molecule has 4 heteroatoms. The fourth-order valence-corrected chi connectivity index (χ4v) is 3.11. The summed E-state index contributed by atoms with van der Waals surface area (Å²) in [6, 6.07) is 10.1. The first-order valence-electron chi connectivity index (χ1n) is 7.18. The van der Waals surface area contributed by atoms with Gasteiger partial charge in [-0.15, -0.1) is 0 Å². The predicted octanol–water partition coefficient (Wildman–Crippen LogP) is 3.33. The first-order chi connectivity index (χ1) is 10.2. The first kappa shape index (κ1) is 13.6. The van der Waals surface area contributed by atoms with E-state index in [-0.39, 0.29) is 11.8 Å². The molecule has 1 heterocycles. The molecule has 1 aliphatic heterocycles. The zero-order chi connectivity index (χ0) is 14.8. The second-order valence-corrected chi connectivity index (χ2v) is 5.35. The maximum atomic E-state index is 9.47. The molecule has 2 N–H and O–H groups in total. The summed E-state index contributed by atoms with van der Waals surface area (Å²) >= 11 is 0. The van der Waals surface area contributed by atoms with Crippen LogP contribution in [0, 0.1) is 11.3 Å². The second kappa shape index (κ2) is 5.53. The fraction of sp³-hybridized carbons (Fsp3) is 0.353. The Balaban J connectivity index is 2.07. The Hall–Kier alpha value is -2.41. The summed E-state index contributed by atoms with van der Waals surface area (Å²) in [7, 11) is 1.64. The van der Waals surface area contributed by atoms with Gasteiger partial charge in [-0.2, -0.15) is 5.26 Å². The van der Waals surface area contributed by atoms with Crippen LogP contribution in [-0.2, 0) is 4.74 Å². The van der Waals surface area contributed by atoms with Crippen LogP contribution in [0.25, 0.3) is 0 Å². The van der Waals surface area contributed by atoms with Crippen LogP contribution in [0.15, 0.2) is 47.1 Å². The van der Waals surface area contributed by atoms with E-state index < -0.39 is 0 Å². The van der Waals surface area contributed by atoms with E-state index in [1.807, 2.05) is 24.3 Å². The van der Waals surface area contributed by atoms with Gasteiger partial charge in [0.1, 0.15) is 23.2 Å². The quantitative estimate of drug-likeness (QED) is 0.903. The summed E-state index contributed by atoms with van der Waals surface area (Å²) in [5.41, 5.74) is 8.74. The molecule has 4 nitrogen and oxygen atoms in total. The molecule has 0 spiro atoms. The summed E-state index contributed by atoms with van der Waals surface area (Å²) in [4.78, 5) is 0. The SMILES string of the molecule is COc1ccc([C@H]2C(C#N)=C(N)OC3=C2CCCC3)cc1. The molecule has 0 bridgehead atoms. The van der Waals surface area contributed by atoms with Crippen molar-refractivity contribution in [3.8, 4) is 11.8 Å². The fourth-order valence-electron chi connectivity index (χ4n) is 3.11. The second-order valence-electron chi connectivity index (χ2n) is 5.35. The molecule has 0 aromatic heterocycles. The molecular weight excluding hydrogens is 264 g/mol. The van der Waals surface area contributed by atoms with E-state index in [4.69, 9.17) is 15.2 Å². The minimum atomic E-state index is -0.0787. The van der Waals surface area contributed by atoms with E-state index in [0.29, 0.717) is 5.57 Å². The topological polar surface area (TPSA) is 68.3 Å². The van der Waals surface area contributed by atoms with Crippen molar-refractivity contribution in [3.63, 3.8) is 0 Å². The highest BCUT2D eigenvalue weighted by Gasteiger charge is 2.33. The minimum Gasteiger partial charge on any atom is -0.497 e. The smallest absolute Gasteiger partial charge is 0.205 e. The van der Waals surface area contributed by atoms with Gasteiger partial charge in [0.25, 0.3) is 0 Å². The van der Waals surface area contributed by atoms with Crippen molar-refractivity contribution in [2.24, 2.45) is 5.73 Å². The van der Waals surface area contributed by atoms with Crippen molar-refractivity contribution >= 4 is 0 Å². The van der Waals surface area contributed by atoms with E-state index in [2.05, 4.69) is 6.07 Å². The predicted molar refractivity (Wildman–Crippen MR) is 79.1 cm³/mol. The zero-order valence-corrected chi connectivity index (χ0v) is 12.1. The molecule has 0 unspecified atom stereocenters.